The molecule has 0 saturated carbocycles. The molecule has 2 amide bonds. The minimum atomic E-state index is -1.45. The molecule has 0 fully saturated rings. The van der Waals surface area contributed by atoms with E-state index in [1.54, 1.807) is 48.7 Å². The lowest BCUT2D eigenvalue weighted by Gasteiger charge is -2.42. The molecule has 0 bridgehead atoms. The zero-order valence-electron chi connectivity index (χ0n) is 19.9. The summed E-state index contributed by atoms with van der Waals surface area (Å²) in [6.45, 7) is 5.85. The van der Waals surface area contributed by atoms with Crippen LogP contribution in [0, 0.1) is 0 Å². The second kappa shape index (κ2) is 9.17. The van der Waals surface area contributed by atoms with Gasteiger partial charge >= 0.3 is 0 Å². The Morgan fingerprint density at radius 2 is 1.85 bits per heavy atom. The van der Waals surface area contributed by atoms with Crippen LogP contribution in [0.4, 0.5) is 0 Å². The highest BCUT2D eigenvalue weighted by molar-refractivity contribution is 6.02. The number of pyridine rings is 1. The van der Waals surface area contributed by atoms with Crippen LogP contribution in [0.25, 0.3) is 0 Å². The van der Waals surface area contributed by atoms with Crippen molar-refractivity contribution in [2.75, 3.05) is 13.7 Å². The number of carbonyl (C=O) groups is 2. The van der Waals surface area contributed by atoms with E-state index in [9.17, 15) is 9.59 Å². The fourth-order valence-corrected chi connectivity index (χ4v) is 4.08. The Morgan fingerprint density at radius 3 is 2.50 bits per heavy atom. The van der Waals surface area contributed by atoms with Crippen LogP contribution in [0.2, 0.25) is 0 Å². The van der Waals surface area contributed by atoms with Crippen LogP contribution in [0.3, 0.4) is 0 Å². The summed E-state index contributed by atoms with van der Waals surface area (Å²) in [4.78, 5) is 34.0. The molecule has 3 aromatic rings. The van der Waals surface area contributed by atoms with Crippen molar-refractivity contribution in [3.05, 3.63) is 89.7 Å². The third-order valence-electron chi connectivity index (χ3n) is 5.76. The first-order valence-corrected chi connectivity index (χ1v) is 11.1. The minimum absolute atomic E-state index is 0.0560. The molecule has 4 rings (SSSR count). The molecule has 1 aromatic heterocycles. The molecular formula is C27H29N3O4. The molecule has 2 heterocycles. The fourth-order valence-electron chi connectivity index (χ4n) is 4.08. The third-order valence-corrected chi connectivity index (χ3v) is 5.76. The summed E-state index contributed by atoms with van der Waals surface area (Å²) in [6, 6.07) is 18.1. The summed E-state index contributed by atoms with van der Waals surface area (Å²) in [5.74, 6) is 0.532. The van der Waals surface area contributed by atoms with Crippen molar-refractivity contribution < 1.29 is 19.1 Å². The van der Waals surface area contributed by atoms with E-state index >= 15 is 0 Å². The molecule has 176 valence electrons. The fraction of sp³-hybridized carbons (Fsp3) is 0.296. The van der Waals surface area contributed by atoms with Crippen LogP contribution in [-0.4, -0.2) is 41.0 Å². The van der Waals surface area contributed by atoms with Crippen LogP contribution in [-0.2, 0) is 16.9 Å². The summed E-state index contributed by atoms with van der Waals surface area (Å²) >= 11 is 0. The molecule has 1 N–H and O–H groups in total. The number of hydrogen-bond donors (Lipinski definition) is 1. The lowest BCUT2D eigenvalue weighted by molar-refractivity contribution is -0.136. The average molecular weight is 460 g/mol. The van der Waals surface area contributed by atoms with E-state index in [2.05, 4.69) is 10.3 Å². The van der Waals surface area contributed by atoms with Crippen molar-refractivity contribution in [3.63, 3.8) is 0 Å². The molecule has 2 aromatic carbocycles. The maximum atomic E-state index is 14.1. The number of rotatable bonds is 5. The zero-order chi connectivity index (χ0) is 24.3. The lowest BCUT2D eigenvalue weighted by Crippen LogP contribution is -2.62. The summed E-state index contributed by atoms with van der Waals surface area (Å²) < 4.78 is 11.4. The number of ether oxygens (including phenoxy) is 2. The van der Waals surface area contributed by atoms with E-state index in [4.69, 9.17) is 9.47 Å². The van der Waals surface area contributed by atoms with Crippen LogP contribution >= 0.6 is 0 Å². The number of methoxy groups -OCH3 is 1. The maximum absolute atomic E-state index is 14.1. The number of hydrogen-bond acceptors (Lipinski definition) is 5. The highest BCUT2D eigenvalue weighted by atomic mass is 16.5. The smallest absolute Gasteiger partial charge is 0.259 e. The Labute approximate surface area is 199 Å². The van der Waals surface area contributed by atoms with E-state index in [0.29, 0.717) is 22.6 Å². The lowest BCUT2D eigenvalue weighted by atomic mass is 9.86. The van der Waals surface area contributed by atoms with Gasteiger partial charge in [-0.05, 0) is 56.7 Å². The van der Waals surface area contributed by atoms with Gasteiger partial charge < -0.3 is 19.7 Å². The van der Waals surface area contributed by atoms with Gasteiger partial charge in [-0.25, -0.2) is 0 Å². The molecule has 7 heteroatoms. The van der Waals surface area contributed by atoms with Crippen LogP contribution in [0.15, 0.2) is 73.1 Å². The molecule has 1 atom stereocenters. The van der Waals surface area contributed by atoms with Gasteiger partial charge in [0.05, 0.1) is 12.7 Å². The second-order valence-electron chi connectivity index (χ2n) is 9.33. The predicted molar refractivity (Wildman–Crippen MR) is 129 cm³/mol. The molecule has 34 heavy (non-hydrogen) atoms. The highest BCUT2D eigenvalue weighted by Gasteiger charge is 2.52. The van der Waals surface area contributed by atoms with Gasteiger partial charge in [0.25, 0.3) is 11.8 Å². The van der Waals surface area contributed by atoms with Crippen LogP contribution < -0.4 is 14.8 Å². The minimum Gasteiger partial charge on any atom is -0.497 e. The number of carbonyl (C=O) groups excluding carboxylic acids is 2. The average Bonchev–Trinajstić information content (AvgIpc) is 2.95. The van der Waals surface area contributed by atoms with Gasteiger partial charge in [-0.1, -0.05) is 30.3 Å². The predicted octanol–water partition coefficient (Wildman–Crippen LogP) is 3.94. The summed E-state index contributed by atoms with van der Waals surface area (Å²) in [7, 11) is 1.60. The van der Waals surface area contributed by atoms with Crippen molar-refractivity contribution in [1.82, 2.24) is 15.2 Å². The maximum Gasteiger partial charge on any atom is 0.259 e. The van der Waals surface area contributed by atoms with E-state index in [1.165, 1.54) is 0 Å². The number of aromatic nitrogens is 1. The van der Waals surface area contributed by atoms with E-state index < -0.39 is 11.1 Å². The summed E-state index contributed by atoms with van der Waals surface area (Å²) in [5, 5.41) is 3.08. The number of nitrogens with one attached hydrogen (secondary N) is 1. The topological polar surface area (TPSA) is 80.8 Å². The van der Waals surface area contributed by atoms with Gasteiger partial charge in [-0.2, -0.15) is 0 Å². The highest BCUT2D eigenvalue weighted by Crippen LogP contribution is 2.38. The van der Waals surface area contributed by atoms with Gasteiger partial charge in [-0.3, -0.25) is 14.6 Å². The number of benzene rings is 2. The Bertz CT molecular complexity index is 1170. The number of amides is 2. The van der Waals surface area contributed by atoms with Gasteiger partial charge in [-0.15, -0.1) is 0 Å². The molecule has 7 nitrogen and oxygen atoms in total. The van der Waals surface area contributed by atoms with Crippen molar-refractivity contribution in [2.24, 2.45) is 0 Å². The van der Waals surface area contributed by atoms with E-state index in [-0.39, 0.29) is 25.0 Å². The largest absolute Gasteiger partial charge is 0.497 e. The standard InChI is InChI=1S/C27H29N3O4/c1-26(2,3)29-25(32)27(20-8-7-15-28-16-20)18-34-23-10-6-5-9-22(23)24(31)30(27)17-19-11-13-21(33-4)14-12-19/h5-16H,17-18H2,1-4H3,(H,29,32). The second-order valence-corrected chi connectivity index (χ2v) is 9.33. The third kappa shape index (κ3) is 4.46. The monoisotopic (exact) mass is 459 g/mol. The van der Waals surface area contributed by atoms with Gasteiger partial charge in [0.1, 0.15) is 18.1 Å². The number of fused-ring (bicyclic) bond motifs is 1. The first-order chi connectivity index (χ1) is 16.2. The van der Waals surface area contributed by atoms with E-state index in [1.807, 2.05) is 57.2 Å². The first kappa shape index (κ1) is 23.3. The van der Waals surface area contributed by atoms with Crippen molar-refractivity contribution >= 4 is 11.8 Å². The molecular weight excluding hydrogens is 430 g/mol. The quantitative estimate of drug-likeness (QED) is 0.625. The Kier molecular flexibility index (Phi) is 6.28. The number of para-hydroxylation sites is 1. The summed E-state index contributed by atoms with van der Waals surface area (Å²) in [6.07, 6.45) is 3.26. The van der Waals surface area contributed by atoms with Gasteiger partial charge in [0.15, 0.2) is 5.54 Å². The molecule has 0 spiro atoms. The van der Waals surface area contributed by atoms with Gasteiger partial charge in [0.2, 0.25) is 0 Å². The summed E-state index contributed by atoms with van der Waals surface area (Å²) in [5.41, 5.74) is -0.139. The molecule has 0 aliphatic carbocycles. The first-order valence-electron chi connectivity index (χ1n) is 11.1. The molecule has 1 aliphatic heterocycles. The number of nitrogens with zero attached hydrogens (tertiary/aromatic N) is 2. The van der Waals surface area contributed by atoms with Crippen molar-refractivity contribution in [3.8, 4) is 11.5 Å². The Hall–Kier alpha value is -3.87. The van der Waals surface area contributed by atoms with E-state index in [0.717, 1.165) is 5.56 Å². The van der Waals surface area contributed by atoms with Crippen molar-refractivity contribution in [2.45, 2.75) is 38.4 Å². The Balaban J connectivity index is 1.91. The molecule has 1 unspecified atom stereocenters. The van der Waals surface area contributed by atoms with Crippen LogP contribution in [0.1, 0.15) is 42.3 Å². The normalized spacial score (nSPS) is 17.9. The molecule has 1 aliphatic rings. The molecule has 0 radical (unpaired) electrons. The Morgan fingerprint density at radius 1 is 1.12 bits per heavy atom. The van der Waals surface area contributed by atoms with Crippen molar-refractivity contribution in [1.29, 1.82) is 0 Å². The molecule has 0 saturated heterocycles. The zero-order valence-corrected chi connectivity index (χ0v) is 19.9. The van der Waals surface area contributed by atoms with Gasteiger partial charge in [0, 0.05) is 30.0 Å². The SMILES string of the molecule is COc1ccc(CN2C(=O)c3ccccc3OCC2(C(=O)NC(C)(C)C)c2cccnc2)cc1. The van der Waals surface area contributed by atoms with Crippen LogP contribution in [0.5, 0.6) is 11.5 Å².